The van der Waals surface area contributed by atoms with E-state index >= 15 is 0 Å². The molecule has 0 atom stereocenters. The summed E-state index contributed by atoms with van der Waals surface area (Å²) in [5, 5.41) is 2.03. The van der Waals surface area contributed by atoms with Crippen molar-refractivity contribution >= 4 is 22.8 Å². The van der Waals surface area contributed by atoms with E-state index in [1.54, 1.807) is 11.8 Å². The number of fused-ring (bicyclic) bond motifs is 2. The molecule has 128 valence electrons. The monoisotopic (exact) mass is 350 g/mol. The van der Waals surface area contributed by atoms with Gasteiger partial charge in [0.25, 0.3) is 0 Å². The maximum absolute atomic E-state index is 4.92. The van der Waals surface area contributed by atoms with Crippen molar-refractivity contribution in [2.45, 2.75) is 49.6 Å². The van der Waals surface area contributed by atoms with Gasteiger partial charge in [0.15, 0.2) is 0 Å². The molecule has 0 aliphatic rings. The molecule has 0 fully saturated rings. The largest absolute Gasteiger partial charge is 0.302 e. The van der Waals surface area contributed by atoms with Crippen molar-refractivity contribution in [2.24, 2.45) is 0 Å². The number of rotatable bonds is 4. The van der Waals surface area contributed by atoms with Crippen molar-refractivity contribution in [2.75, 3.05) is 0 Å². The van der Waals surface area contributed by atoms with Crippen LogP contribution >= 0.6 is 11.8 Å². The standard InChI is InChI=1S/C20H22N4S/c1-13(2)17-21-19(15-9-5-7-11-23(15)17)25-20-16-10-6-8-12-24(16)18(22-20)14(3)4/h5-14H,1-4H3. The zero-order chi connectivity index (χ0) is 17.6. The molecule has 4 aromatic heterocycles. The molecule has 25 heavy (non-hydrogen) atoms. The lowest BCUT2D eigenvalue weighted by molar-refractivity contribution is 0.763. The highest BCUT2D eigenvalue weighted by Crippen LogP contribution is 2.35. The number of pyridine rings is 2. The molecule has 0 unspecified atom stereocenters. The number of aromatic nitrogens is 4. The molecule has 0 bridgehead atoms. The van der Waals surface area contributed by atoms with Gasteiger partial charge >= 0.3 is 0 Å². The van der Waals surface area contributed by atoms with Gasteiger partial charge in [0.1, 0.15) is 21.7 Å². The van der Waals surface area contributed by atoms with E-state index in [-0.39, 0.29) is 0 Å². The zero-order valence-corrected chi connectivity index (χ0v) is 15.8. The van der Waals surface area contributed by atoms with Gasteiger partial charge in [0, 0.05) is 24.2 Å². The second kappa shape index (κ2) is 6.23. The highest BCUT2D eigenvalue weighted by molar-refractivity contribution is 7.99. The second-order valence-corrected chi connectivity index (χ2v) is 7.85. The van der Waals surface area contributed by atoms with Crippen LogP contribution in [0.2, 0.25) is 0 Å². The number of hydrogen-bond donors (Lipinski definition) is 0. The fourth-order valence-electron chi connectivity index (χ4n) is 3.12. The van der Waals surface area contributed by atoms with Crippen molar-refractivity contribution in [1.29, 1.82) is 0 Å². The fraction of sp³-hybridized carbons (Fsp3) is 0.300. The lowest BCUT2D eigenvalue weighted by atomic mass is 10.2. The van der Waals surface area contributed by atoms with Crippen molar-refractivity contribution in [1.82, 2.24) is 18.8 Å². The third-order valence-electron chi connectivity index (χ3n) is 4.31. The van der Waals surface area contributed by atoms with Crippen LogP contribution in [0.3, 0.4) is 0 Å². The Hall–Kier alpha value is -2.27. The van der Waals surface area contributed by atoms with E-state index in [0.29, 0.717) is 11.8 Å². The number of imidazole rings is 2. The Morgan fingerprint density at radius 2 is 1.16 bits per heavy atom. The van der Waals surface area contributed by atoms with Crippen LogP contribution in [0.15, 0.2) is 58.8 Å². The molecule has 0 saturated carbocycles. The Bertz CT molecular complexity index is 958. The van der Waals surface area contributed by atoms with Gasteiger partial charge in [-0.05, 0) is 36.0 Å². The van der Waals surface area contributed by atoms with E-state index in [0.717, 1.165) is 32.7 Å². The van der Waals surface area contributed by atoms with Crippen molar-refractivity contribution in [3.05, 3.63) is 60.4 Å². The minimum absolute atomic E-state index is 0.370. The first kappa shape index (κ1) is 16.2. The average Bonchev–Trinajstić information content (AvgIpc) is 3.15. The molecule has 4 heterocycles. The summed E-state index contributed by atoms with van der Waals surface area (Å²) in [6.45, 7) is 8.72. The molecule has 0 aromatic carbocycles. The second-order valence-electron chi connectivity index (χ2n) is 6.87. The Balaban J connectivity index is 1.86. The number of nitrogens with zero attached hydrogens (tertiary/aromatic N) is 4. The molecule has 4 rings (SSSR count). The van der Waals surface area contributed by atoms with Gasteiger partial charge in [-0.2, -0.15) is 0 Å². The first-order chi connectivity index (χ1) is 12.1. The Kier molecular flexibility index (Phi) is 4.04. The predicted molar refractivity (Wildman–Crippen MR) is 103 cm³/mol. The van der Waals surface area contributed by atoms with Crippen LogP contribution in [0, 0.1) is 0 Å². The molecular weight excluding hydrogens is 328 g/mol. The van der Waals surface area contributed by atoms with Crippen LogP contribution in [-0.4, -0.2) is 18.8 Å². The smallest absolute Gasteiger partial charge is 0.129 e. The van der Waals surface area contributed by atoms with Gasteiger partial charge in [-0.15, -0.1) is 0 Å². The molecule has 4 nitrogen and oxygen atoms in total. The van der Waals surface area contributed by atoms with Gasteiger partial charge in [-0.25, -0.2) is 9.97 Å². The van der Waals surface area contributed by atoms with Gasteiger partial charge < -0.3 is 8.80 Å². The molecule has 0 amide bonds. The van der Waals surface area contributed by atoms with Crippen LogP contribution in [-0.2, 0) is 0 Å². The maximum atomic E-state index is 4.92. The van der Waals surface area contributed by atoms with Crippen molar-refractivity contribution in [3.63, 3.8) is 0 Å². The summed E-state index contributed by atoms with van der Waals surface area (Å²) in [5.74, 6) is 2.92. The SMILES string of the molecule is CC(C)c1nc(Sc2nc(C(C)C)n3ccccc23)c2ccccn12. The molecule has 4 aromatic rings. The van der Waals surface area contributed by atoms with E-state index in [2.05, 4.69) is 85.3 Å². The Morgan fingerprint density at radius 1 is 0.720 bits per heavy atom. The molecule has 0 aliphatic carbocycles. The minimum Gasteiger partial charge on any atom is -0.302 e. The summed E-state index contributed by atoms with van der Waals surface area (Å²) in [6.07, 6.45) is 4.18. The van der Waals surface area contributed by atoms with Crippen LogP contribution in [0.25, 0.3) is 11.0 Å². The molecule has 0 radical (unpaired) electrons. The highest BCUT2D eigenvalue weighted by atomic mass is 32.2. The Labute approximate surface area is 151 Å². The van der Waals surface area contributed by atoms with Crippen molar-refractivity contribution < 1.29 is 0 Å². The highest BCUT2D eigenvalue weighted by Gasteiger charge is 2.19. The normalized spacial score (nSPS) is 12.1. The summed E-state index contributed by atoms with van der Waals surface area (Å²) in [6, 6.07) is 12.5. The van der Waals surface area contributed by atoms with E-state index in [1.807, 2.05) is 0 Å². The summed E-state index contributed by atoms with van der Waals surface area (Å²) in [5.41, 5.74) is 2.28. The topological polar surface area (TPSA) is 34.6 Å². The lowest BCUT2D eigenvalue weighted by Gasteiger charge is -2.02. The van der Waals surface area contributed by atoms with Crippen LogP contribution in [0.5, 0.6) is 0 Å². The van der Waals surface area contributed by atoms with Gasteiger partial charge in [0.2, 0.25) is 0 Å². The van der Waals surface area contributed by atoms with Crippen LogP contribution < -0.4 is 0 Å². The van der Waals surface area contributed by atoms with Gasteiger partial charge in [-0.3, -0.25) is 0 Å². The number of hydrogen-bond acceptors (Lipinski definition) is 3. The van der Waals surface area contributed by atoms with E-state index in [1.165, 1.54) is 0 Å². The third kappa shape index (κ3) is 2.72. The zero-order valence-electron chi connectivity index (χ0n) is 15.0. The van der Waals surface area contributed by atoms with Crippen molar-refractivity contribution in [3.8, 4) is 0 Å². The molecule has 0 aliphatic heterocycles. The van der Waals surface area contributed by atoms with E-state index < -0.39 is 0 Å². The van der Waals surface area contributed by atoms with E-state index in [4.69, 9.17) is 9.97 Å². The fourth-order valence-corrected chi connectivity index (χ4v) is 4.12. The first-order valence-electron chi connectivity index (χ1n) is 8.68. The summed E-state index contributed by atoms with van der Waals surface area (Å²) >= 11 is 1.66. The Morgan fingerprint density at radius 3 is 1.56 bits per heavy atom. The minimum atomic E-state index is 0.370. The quantitative estimate of drug-likeness (QED) is 0.495. The molecule has 0 spiro atoms. The van der Waals surface area contributed by atoms with Gasteiger partial charge in [-0.1, -0.05) is 39.8 Å². The maximum Gasteiger partial charge on any atom is 0.129 e. The predicted octanol–water partition coefficient (Wildman–Crippen LogP) is 5.38. The molecule has 5 heteroatoms. The van der Waals surface area contributed by atoms with E-state index in [9.17, 15) is 0 Å². The van der Waals surface area contributed by atoms with Crippen LogP contribution in [0.4, 0.5) is 0 Å². The van der Waals surface area contributed by atoms with Crippen LogP contribution in [0.1, 0.15) is 51.2 Å². The summed E-state index contributed by atoms with van der Waals surface area (Å²) in [7, 11) is 0. The summed E-state index contributed by atoms with van der Waals surface area (Å²) in [4.78, 5) is 9.84. The van der Waals surface area contributed by atoms with Gasteiger partial charge in [0.05, 0.1) is 11.0 Å². The third-order valence-corrected chi connectivity index (χ3v) is 5.30. The first-order valence-corrected chi connectivity index (χ1v) is 9.49. The molecule has 0 N–H and O–H groups in total. The molecule has 0 saturated heterocycles. The molecular formula is C20H22N4S. The summed E-state index contributed by atoms with van der Waals surface area (Å²) < 4.78 is 4.38. The lowest BCUT2D eigenvalue weighted by Crippen LogP contribution is -1.95. The average molecular weight is 350 g/mol.